The molecule has 0 unspecified atom stereocenters. The molecule has 19 heavy (non-hydrogen) atoms. The Morgan fingerprint density at radius 1 is 1.05 bits per heavy atom. The maximum atomic E-state index is 6.10. The third-order valence-corrected chi connectivity index (χ3v) is 4.32. The molecule has 3 heteroatoms. The van der Waals surface area contributed by atoms with Crippen molar-refractivity contribution >= 4 is 38.5 Å². The van der Waals surface area contributed by atoms with Gasteiger partial charge in [-0.05, 0) is 30.7 Å². The molecule has 0 spiro atoms. The normalized spacial score (nSPS) is 10.8. The summed E-state index contributed by atoms with van der Waals surface area (Å²) in [5, 5.41) is 3.46. The van der Waals surface area contributed by atoms with Crippen molar-refractivity contribution < 1.29 is 0 Å². The summed E-state index contributed by atoms with van der Waals surface area (Å²) in [6.45, 7) is 2.09. The summed E-state index contributed by atoms with van der Waals surface area (Å²) >= 11 is 1.76. The minimum absolute atomic E-state index is 0.809. The first-order chi connectivity index (χ1) is 9.16. The molecule has 96 valence electrons. The van der Waals surface area contributed by atoms with Gasteiger partial charge in [-0.3, -0.25) is 0 Å². The van der Waals surface area contributed by atoms with Crippen LogP contribution >= 0.6 is 11.3 Å². The number of nitrogen functional groups attached to an aromatic ring is 1. The van der Waals surface area contributed by atoms with Crippen molar-refractivity contribution in [3.63, 3.8) is 0 Å². The molecule has 0 bridgehead atoms. The summed E-state index contributed by atoms with van der Waals surface area (Å²) in [6.07, 6.45) is 0. The molecule has 0 saturated heterocycles. The van der Waals surface area contributed by atoms with E-state index in [1.807, 2.05) is 12.1 Å². The number of nitrogens with zero attached hydrogens (tertiary/aromatic N) is 1. The molecule has 1 heterocycles. The van der Waals surface area contributed by atoms with Crippen LogP contribution in [0.2, 0.25) is 0 Å². The molecule has 0 fully saturated rings. The lowest BCUT2D eigenvalue weighted by atomic mass is 10.1. The predicted molar refractivity (Wildman–Crippen MR) is 85.5 cm³/mol. The Morgan fingerprint density at radius 2 is 1.84 bits per heavy atom. The number of hydrogen-bond donors (Lipinski definition) is 1. The predicted octanol–water partition coefficient (Wildman–Crippen LogP) is 4.56. The largest absolute Gasteiger partial charge is 0.397 e. The molecule has 0 atom stereocenters. The molecule has 3 rings (SSSR count). The summed E-state index contributed by atoms with van der Waals surface area (Å²) in [6, 6.07) is 14.6. The number of rotatable bonds is 2. The van der Waals surface area contributed by atoms with E-state index in [1.165, 1.54) is 21.3 Å². The van der Waals surface area contributed by atoms with E-state index >= 15 is 0 Å². The molecule has 0 radical (unpaired) electrons. The lowest BCUT2D eigenvalue weighted by Gasteiger charge is -2.21. The molecule has 0 aliphatic rings. The van der Waals surface area contributed by atoms with Crippen molar-refractivity contribution in [2.45, 2.75) is 6.92 Å². The number of hydrogen-bond acceptors (Lipinski definition) is 3. The fourth-order valence-electron chi connectivity index (χ4n) is 2.30. The highest BCUT2D eigenvalue weighted by atomic mass is 32.1. The first kappa shape index (κ1) is 12.1. The summed E-state index contributed by atoms with van der Waals surface area (Å²) in [5.41, 5.74) is 10.4. The average Bonchev–Trinajstić information content (AvgIpc) is 2.84. The molecular weight excluding hydrogens is 252 g/mol. The van der Waals surface area contributed by atoms with E-state index < -0.39 is 0 Å². The third kappa shape index (κ3) is 2.06. The van der Waals surface area contributed by atoms with Gasteiger partial charge in [0.05, 0.1) is 17.1 Å². The Labute approximate surface area is 117 Å². The Kier molecular flexibility index (Phi) is 2.91. The van der Waals surface area contributed by atoms with Crippen molar-refractivity contribution in [1.82, 2.24) is 0 Å². The van der Waals surface area contributed by atoms with Gasteiger partial charge in [0.2, 0.25) is 0 Å². The van der Waals surface area contributed by atoms with E-state index in [4.69, 9.17) is 5.73 Å². The zero-order valence-corrected chi connectivity index (χ0v) is 11.9. The maximum Gasteiger partial charge on any atom is 0.0644 e. The third-order valence-electron chi connectivity index (χ3n) is 3.37. The molecule has 3 aromatic rings. The second-order valence-corrected chi connectivity index (χ2v) is 5.65. The molecule has 2 aromatic carbocycles. The highest BCUT2D eigenvalue weighted by Crippen LogP contribution is 2.37. The molecule has 0 aliphatic carbocycles. The average molecular weight is 268 g/mol. The number of nitrogens with two attached hydrogens (primary N) is 1. The Hall–Kier alpha value is -2.00. The van der Waals surface area contributed by atoms with Crippen LogP contribution in [-0.4, -0.2) is 7.05 Å². The number of benzene rings is 2. The summed E-state index contributed by atoms with van der Waals surface area (Å²) in [5.74, 6) is 0. The highest BCUT2D eigenvalue weighted by molar-refractivity contribution is 7.17. The van der Waals surface area contributed by atoms with Gasteiger partial charge in [0.25, 0.3) is 0 Å². The van der Waals surface area contributed by atoms with Crippen LogP contribution in [0.4, 0.5) is 17.1 Å². The van der Waals surface area contributed by atoms with E-state index in [0.29, 0.717) is 0 Å². The van der Waals surface area contributed by atoms with Crippen LogP contribution in [0.15, 0.2) is 47.8 Å². The SMILES string of the molecule is Cc1ccc(N)c(N(C)c2csc3ccccc23)c1. The monoisotopic (exact) mass is 268 g/mol. The highest BCUT2D eigenvalue weighted by Gasteiger charge is 2.12. The van der Waals surface area contributed by atoms with Gasteiger partial charge in [-0.1, -0.05) is 24.3 Å². The fourth-order valence-corrected chi connectivity index (χ4v) is 3.28. The second kappa shape index (κ2) is 4.59. The first-order valence-corrected chi connectivity index (χ1v) is 7.11. The van der Waals surface area contributed by atoms with Crippen LogP contribution in [0.3, 0.4) is 0 Å². The van der Waals surface area contributed by atoms with Gasteiger partial charge >= 0.3 is 0 Å². The van der Waals surface area contributed by atoms with Crippen LogP contribution in [0, 0.1) is 6.92 Å². The second-order valence-electron chi connectivity index (χ2n) is 4.74. The van der Waals surface area contributed by atoms with Crippen LogP contribution in [0.25, 0.3) is 10.1 Å². The van der Waals surface area contributed by atoms with Crippen molar-refractivity contribution in [2.75, 3.05) is 17.7 Å². The zero-order valence-electron chi connectivity index (χ0n) is 11.1. The lowest BCUT2D eigenvalue weighted by Crippen LogP contribution is -2.11. The number of fused-ring (bicyclic) bond motifs is 1. The maximum absolute atomic E-state index is 6.10. The topological polar surface area (TPSA) is 29.3 Å². The smallest absolute Gasteiger partial charge is 0.0644 e. The quantitative estimate of drug-likeness (QED) is 0.690. The van der Waals surface area contributed by atoms with E-state index in [9.17, 15) is 0 Å². The van der Waals surface area contributed by atoms with Gasteiger partial charge in [0.15, 0.2) is 0 Å². The minimum atomic E-state index is 0.809. The Bertz CT molecular complexity index is 730. The number of aryl methyl sites for hydroxylation is 1. The lowest BCUT2D eigenvalue weighted by molar-refractivity contribution is 1.22. The summed E-state index contributed by atoms with van der Waals surface area (Å²) in [4.78, 5) is 2.17. The van der Waals surface area contributed by atoms with Crippen molar-refractivity contribution in [3.05, 3.63) is 53.4 Å². The molecule has 0 amide bonds. The minimum Gasteiger partial charge on any atom is -0.397 e. The van der Waals surface area contributed by atoms with E-state index in [0.717, 1.165) is 11.4 Å². The van der Waals surface area contributed by atoms with Crippen LogP contribution in [-0.2, 0) is 0 Å². The number of anilines is 3. The van der Waals surface area contributed by atoms with Crippen molar-refractivity contribution in [2.24, 2.45) is 0 Å². The van der Waals surface area contributed by atoms with E-state index in [1.54, 1.807) is 11.3 Å². The van der Waals surface area contributed by atoms with Gasteiger partial charge in [0.1, 0.15) is 0 Å². The van der Waals surface area contributed by atoms with Crippen LogP contribution < -0.4 is 10.6 Å². The zero-order chi connectivity index (χ0) is 13.4. The van der Waals surface area contributed by atoms with Gasteiger partial charge in [-0.25, -0.2) is 0 Å². The van der Waals surface area contributed by atoms with E-state index in [2.05, 4.69) is 54.6 Å². The first-order valence-electron chi connectivity index (χ1n) is 6.23. The van der Waals surface area contributed by atoms with Crippen LogP contribution in [0.5, 0.6) is 0 Å². The fraction of sp³-hybridized carbons (Fsp3) is 0.125. The molecular formula is C16H16N2S. The number of thiophene rings is 1. The van der Waals surface area contributed by atoms with Gasteiger partial charge < -0.3 is 10.6 Å². The van der Waals surface area contributed by atoms with Gasteiger partial charge in [-0.15, -0.1) is 11.3 Å². The van der Waals surface area contributed by atoms with E-state index in [-0.39, 0.29) is 0 Å². The Balaban J connectivity index is 2.13. The summed E-state index contributed by atoms with van der Waals surface area (Å²) < 4.78 is 1.30. The van der Waals surface area contributed by atoms with Crippen molar-refractivity contribution in [3.8, 4) is 0 Å². The van der Waals surface area contributed by atoms with Crippen LogP contribution in [0.1, 0.15) is 5.56 Å². The molecule has 0 saturated carbocycles. The standard InChI is InChI=1S/C16H16N2S/c1-11-7-8-13(17)14(9-11)18(2)15-10-19-16-6-4-3-5-12(15)16/h3-10H,17H2,1-2H3. The van der Waals surface area contributed by atoms with Gasteiger partial charge in [-0.2, -0.15) is 0 Å². The molecule has 2 nitrogen and oxygen atoms in total. The van der Waals surface area contributed by atoms with Crippen molar-refractivity contribution in [1.29, 1.82) is 0 Å². The molecule has 0 aliphatic heterocycles. The van der Waals surface area contributed by atoms with Gasteiger partial charge in [0, 0.05) is 22.5 Å². The molecule has 1 aromatic heterocycles. The molecule has 2 N–H and O–H groups in total. The summed E-state index contributed by atoms with van der Waals surface area (Å²) in [7, 11) is 2.07. The Morgan fingerprint density at radius 3 is 2.68 bits per heavy atom.